The van der Waals surface area contributed by atoms with Crippen LogP contribution in [-0.2, 0) is 5.04 Å². The second-order valence-electron chi connectivity index (χ2n) is 0.0816. The van der Waals surface area contributed by atoms with Crippen molar-refractivity contribution in [2.75, 3.05) is 7.11 Å². The van der Waals surface area contributed by atoms with Gasteiger partial charge in [-0.3, -0.25) is 0 Å². The van der Waals surface area contributed by atoms with Gasteiger partial charge < -0.3 is 5.11 Å². The molecular weight excluding hydrogens is 76.0 g/mol. The molecule has 34 valence electrons. The van der Waals surface area contributed by atoms with Crippen molar-refractivity contribution in [3.63, 3.8) is 0 Å². The van der Waals surface area contributed by atoms with Crippen LogP contribution in [0.15, 0.2) is 0 Å². The van der Waals surface area contributed by atoms with E-state index in [1.165, 1.54) is 0 Å². The summed E-state index contributed by atoms with van der Waals surface area (Å²) < 4.78 is 0. The van der Waals surface area contributed by atoms with Gasteiger partial charge in [-0.15, -0.1) is 0 Å². The van der Waals surface area contributed by atoms with Crippen LogP contribution in [0.2, 0.25) is 0 Å². The summed E-state index contributed by atoms with van der Waals surface area (Å²) in [6.45, 7) is 0. The first-order valence-corrected chi connectivity index (χ1v) is 0.812. The fourth-order valence-electron chi connectivity index (χ4n) is 0. The quantitative estimate of drug-likeness (QED) is 0.273. The molecule has 0 saturated carbocycles. The molecule has 0 atom stereocenters. The van der Waals surface area contributed by atoms with Crippen LogP contribution in [0.25, 0.3) is 0 Å². The van der Waals surface area contributed by atoms with E-state index >= 15 is 0 Å². The van der Waals surface area contributed by atoms with Gasteiger partial charge in [0.15, 0.2) is 0 Å². The molecular formula is CH6O4. The molecule has 0 aliphatic rings. The fourth-order valence-corrected chi connectivity index (χ4v) is 0. The molecule has 0 unspecified atom stereocenters. The van der Waals surface area contributed by atoms with Crippen LogP contribution in [0.1, 0.15) is 0 Å². The van der Waals surface area contributed by atoms with Gasteiger partial charge in [0.05, 0.1) is 0 Å². The third-order valence-corrected chi connectivity index (χ3v) is 0. The summed E-state index contributed by atoms with van der Waals surface area (Å²) in [4.78, 5) is 0. The first-order chi connectivity index (χ1) is 2.41. The second kappa shape index (κ2) is 43.9. The lowest BCUT2D eigenvalue weighted by molar-refractivity contribution is -0.465. The van der Waals surface area contributed by atoms with E-state index in [2.05, 4.69) is 5.04 Å². The Labute approximate surface area is 29.1 Å². The van der Waals surface area contributed by atoms with Gasteiger partial charge in [0.2, 0.25) is 0 Å². The van der Waals surface area contributed by atoms with Gasteiger partial charge in [0, 0.05) is 7.11 Å². The molecule has 0 saturated heterocycles. The molecule has 0 amide bonds. The van der Waals surface area contributed by atoms with E-state index in [0.717, 1.165) is 7.11 Å². The van der Waals surface area contributed by atoms with E-state index in [9.17, 15) is 0 Å². The Bertz CT molecular complexity index is 3.61. The van der Waals surface area contributed by atoms with Gasteiger partial charge in [-0.1, -0.05) is 5.04 Å². The number of aliphatic hydroxyl groups excluding tert-OH is 1. The zero-order valence-corrected chi connectivity index (χ0v) is 2.75. The lowest BCUT2D eigenvalue weighted by atomic mass is 11.8. The number of aliphatic hydroxyl groups is 1. The lowest BCUT2D eigenvalue weighted by Gasteiger charge is -1.56. The van der Waals surface area contributed by atoms with E-state index in [1.54, 1.807) is 0 Å². The smallest absolute Gasteiger partial charge is 0.0319 e. The van der Waals surface area contributed by atoms with Crippen molar-refractivity contribution >= 4 is 0 Å². The zero-order valence-electron chi connectivity index (χ0n) is 2.75. The monoisotopic (exact) mass is 82.0 g/mol. The Kier molecular flexibility index (Phi) is 77.7. The van der Waals surface area contributed by atoms with Crippen molar-refractivity contribution in [3.05, 3.63) is 0 Å². The summed E-state index contributed by atoms with van der Waals surface area (Å²) >= 11 is 0. The Hall–Kier alpha value is -0.160. The molecule has 0 aliphatic heterocycles. The van der Waals surface area contributed by atoms with Crippen molar-refractivity contribution in [2.45, 2.75) is 0 Å². The van der Waals surface area contributed by atoms with Crippen LogP contribution in [-0.4, -0.2) is 22.7 Å². The van der Waals surface area contributed by atoms with Crippen molar-refractivity contribution in [1.82, 2.24) is 0 Å². The molecule has 4 heteroatoms. The molecule has 5 heavy (non-hydrogen) atoms. The highest BCUT2D eigenvalue weighted by Gasteiger charge is 1.27. The SMILES string of the molecule is CO.OOO. The van der Waals surface area contributed by atoms with Crippen LogP contribution in [0, 0.1) is 0 Å². The highest BCUT2D eigenvalue weighted by atomic mass is 17.4. The normalized spacial score (nSPS) is 4.80. The highest BCUT2D eigenvalue weighted by molar-refractivity contribution is 3.18. The van der Waals surface area contributed by atoms with E-state index in [4.69, 9.17) is 15.6 Å². The summed E-state index contributed by atoms with van der Waals surface area (Å²) in [5, 5.41) is 22.5. The summed E-state index contributed by atoms with van der Waals surface area (Å²) in [5.41, 5.74) is 0. The van der Waals surface area contributed by atoms with Crippen LogP contribution in [0.3, 0.4) is 0 Å². The first kappa shape index (κ1) is 8.85. The first-order valence-electron chi connectivity index (χ1n) is 0.812. The van der Waals surface area contributed by atoms with Gasteiger partial charge in [0.1, 0.15) is 0 Å². The van der Waals surface area contributed by atoms with Crippen molar-refractivity contribution in [3.8, 4) is 0 Å². The van der Waals surface area contributed by atoms with E-state index in [1.807, 2.05) is 0 Å². The van der Waals surface area contributed by atoms with Gasteiger partial charge in [-0.2, -0.15) is 0 Å². The van der Waals surface area contributed by atoms with E-state index < -0.39 is 0 Å². The van der Waals surface area contributed by atoms with Gasteiger partial charge in [-0.05, 0) is 0 Å². The highest BCUT2D eigenvalue weighted by Crippen LogP contribution is 1.24. The lowest BCUT2D eigenvalue weighted by Crippen LogP contribution is -1.60. The maximum Gasteiger partial charge on any atom is 0.0319 e. The van der Waals surface area contributed by atoms with Crippen molar-refractivity contribution in [1.29, 1.82) is 0 Å². The second-order valence-corrected chi connectivity index (χ2v) is 0.0816. The topological polar surface area (TPSA) is 69.9 Å². The van der Waals surface area contributed by atoms with Crippen LogP contribution >= 0.6 is 0 Å². The van der Waals surface area contributed by atoms with Crippen molar-refractivity contribution < 1.29 is 20.7 Å². The van der Waals surface area contributed by atoms with Crippen LogP contribution in [0.5, 0.6) is 0 Å². The van der Waals surface area contributed by atoms with Crippen molar-refractivity contribution in [2.24, 2.45) is 0 Å². The average Bonchev–Trinajstić information content (AvgIpc) is 1.46. The summed E-state index contributed by atoms with van der Waals surface area (Å²) in [6.07, 6.45) is 0. The third-order valence-electron chi connectivity index (χ3n) is 0. The Balaban J connectivity index is 0. The molecule has 0 aromatic carbocycles. The predicted molar refractivity (Wildman–Crippen MR) is 14.5 cm³/mol. The van der Waals surface area contributed by atoms with Gasteiger partial charge in [0.25, 0.3) is 0 Å². The molecule has 0 fully saturated rings. The molecule has 4 nitrogen and oxygen atoms in total. The van der Waals surface area contributed by atoms with Gasteiger partial charge >= 0.3 is 0 Å². The Morgan fingerprint density at radius 1 is 1.20 bits per heavy atom. The minimum Gasteiger partial charge on any atom is -0.400 e. The van der Waals surface area contributed by atoms with Gasteiger partial charge in [-0.25, -0.2) is 10.5 Å². The molecule has 3 N–H and O–H groups in total. The summed E-state index contributed by atoms with van der Waals surface area (Å²) in [7, 11) is 1.00. The molecule has 0 aliphatic carbocycles. The largest absolute Gasteiger partial charge is 0.400 e. The Morgan fingerprint density at radius 2 is 1.20 bits per heavy atom. The maximum atomic E-state index is 7.00. The standard InChI is InChI=1S/CH4O.H2O3/c1-2;1-3-2/h2H,1H3;1-2H. The summed E-state index contributed by atoms with van der Waals surface area (Å²) in [5.74, 6) is 0. The molecule has 0 heterocycles. The predicted octanol–water partition coefficient (Wildman–Crippen LogP) is -0.443. The van der Waals surface area contributed by atoms with E-state index in [0.29, 0.717) is 0 Å². The molecule has 0 aromatic heterocycles. The third kappa shape index (κ3) is 508. The van der Waals surface area contributed by atoms with Crippen LogP contribution < -0.4 is 0 Å². The molecule has 0 spiro atoms. The summed E-state index contributed by atoms with van der Waals surface area (Å²) in [6, 6.07) is 0. The molecule has 0 radical (unpaired) electrons. The average molecular weight is 82.1 g/mol. The number of hydrogen-bond acceptors (Lipinski definition) is 4. The fraction of sp³-hybridized carbons (Fsp3) is 1.00. The maximum absolute atomic E-state index is 7.00. The zero-order chi connectivity index (χ0) is 4.71. The van der Waals surface area contributed by atoms with Crippen LogP contribution in [0.4, 0.5) is 0 Å². The molecule has 0 bridgehead atoms. The minimum atomic E-state index is 1.00. The number of rotatable bonds is 0. The van der Waals surface area contributed by atoms with E-state index in [-0.39, 0.29) is 0 Å². The molecule has 0 rings (SSSR count). The Morgan fingerprint density at radius 3 is 1.20 bits per heavy atom. The number of hydrogen-bond donors (Lipinski definition) is 3. The minimum absolute atomic E-state index is 1.00. The molecule has 0 aromatic rings.